The van der Waals surface area contributed by atoms with Crippen LogP contribution in [0.4, 0.5) is 5.69 Å². The van der Waals surface area contributed by atoms with Gasteiger partial charge in [-0.3, -0.25) is 14.4 Å². The summed E-state index contributed by atoms with van der Waals surface area (Å²) in [4.78, 5) is 56.0. The maximum absolute atomic E-state index is 13.3. The van der Waals surface area contributed by atoms with Gasteiger partial charge in [0.15, 0.2) is 11.8 Å². The quantitative estimate of drug-likeness (QED) is 0.397. The summed E-state index contributed by atoms with van der Waals surface area (Å²) in [6, 6.07) is 12.1. The Morgan fingerprint density at radius 2 is 1.58 bits per heavy atom. The zero-order chi connectivity index (χ0) is 26.2. The molecule has 3 N–H and O–H groups in total. The normalized spacial score (nSPS) is 15.1. The number of carbonyl (C=O) groups is 4. The fourth-order valence-corrected chi connectivity index (χ4v) is 4.53. The Bertz CT molecular complexity index is 1080. The van der Waals surface area contributed by atoms with E-state index in [-0.39, 0.29) is 5.75 Å². The van der Waals surface area contributed by atoms with Crippen LogP contribution in [0.1, 0.15) is 49.7 Å². The molecule has 192 valence electrons. The van der Waals surface area contributed by atoms with Crippen LogP contribution in [0.5, 0.6) is 5.75 Å². The molecular formula is C27H32N2O7. The van der Waals surface area contributed by atoms with Gasteiger partial charge in [-0.15, -0.1) is 0 Å². The average Bonchev–Trinajstić information content (AvgIpc) is 3.34. The van der Waals surface area contributed by atoms with E-state index in [0.717, 1.165) is 29.0 Å². The lowest BCUT2D eigenvalue weighted by atomic mass is 9.95. The number of carboxylic acids is 2. The number of hydrogen-bond donors (Lipinski definition) is 3. The first-order valence-corrected chi connectivity index (χ1v) is 12.0. The molecule has 0 spiro atoms. The number of aliphatic carboxylic acids is 2. The van der Waals surface area contributed by atoms with Crippen molar-refractivity contribution in [3.05, 3.63) is 59.7 Å². The van der Waals surface area contributed by atoms with Gasteiger partial charge in [0.1, 0.15) is 0 Å². The summed E-state index contributed by atoms with van der Waals surface area (Å²) in [5, 5.41) is 23.3. The van der Waals surface area contributed by atoms with E-state index in [1.807, 2.05) is 19.9 Å². The Morgan fingerprint density at radius 1 is 0.972 bits per heavy atom. The highest BCUT2D eigenvalue weighted by molar-refractivity contribution is 5.93. The van der Waals surface area contributed by atoms with Crippen molar-refractivity contribution in [3.8, 4) is 5.75 Å². The van der Waals surface area contributed by atoms with Crippen LogP contribution in [0.2, 0.25) is 0 Å². The van der Waals surface area contributed by atoms with Crippen LogP contribution in [0.25, 0.3) is 0 Å². The van der Waals surface area contributed by atoms with Crippen molar-refractivity contribution >= 4 is 29.4 Å². The fraction of sp³-hybridized carbons (Fsp3) is 0.407. The highest BCUT2D eigenvalue weighted by Crippen LogP contribution is 2.29. The Labute approximate surface area is 210 Å². The molecule has 9 heteroatoms. The number of nitrogens with one attached hydrogen (secondary N) is 1. The molecular weight excluding hydrogens is 464 g/mol. The molecule has 3 rings (SSSR count). The van der Waals surface area contributed by atoms with Crippen molar-refractivity contribution in [2.45, 2.75) is 58.4 Å². The van der Waals surface area contributed by atoms with Gasteiger partial charge in [-0.25, -0.2) is 4.79 Å². The number of benzene rings is 2. The minimum absolute atomic E-state index is 0.259. The van der Waals surface area contributed by atoms with E-state index >= 15 is 0 Å². The minimum atomic E-state index is -1.59. The van der Waals surface area contributed by atoms with Crippen LogP contribution in [-0.2, 0) is 19.2 Å². The van der Waals surface area contributed by atoms with E-state index in [1.54, 1.807) is 42.5 Å². The lowest BCUT2D eigenvalue weighted by molar-refractivity contribution is -0.183. The molecule has 1 aliphatic carbocycles. The fourth-order valence-electron chi connectivity index (χ4n) is 4.53. The maximum Gasteiger partial charge on any atom is 0.330 e. The standard InChI is InChI=1S/C27H32N2O7/c1-17-12-18(2)14-21(13-17)28-24(30)16-20(26(32)33)15-23(27(34)35)29(25(31)19-8-6-7-9-19)36-22-10-4-3-5-11-22/h3-5,10-14,19-20,23H,6-9,15-16H2,1-2H3,(H,28,30)(H,32,33)(H,34,35)/t20?,23-/m0/s1. The van der Waals surface area contributed by atoms with Crippen molar-refractivity contribution in [1.29, 1.82) is 0 Å². The van der Waals surface area contributed by atoms with Crippen molar-refractivity contribution < 1.29 is 34.2 Å². The van der Waals surface area contributed by atoms with Crippen molar-refractivity contribution in [3.63, 3.8) is 0 Å². The lowest BCUT2D eigenvalue weighted by Crippen LogP contribution is -2.50. The summed E-state index contributed by atoms with van der Waals surface area (Å²) >= 11 is 0. The third kappa shape index (κ3) is 7.31. The van der Waals surface area contributed by atoms with Crippen LogP contribution in [0, 0.1) is 25.7 Å². The molecule has 2 aromatic carbocycles. The van der Waals surface area contributed by atoms with Gasteiger partial charge in [0, 0.05) is 18.0 Å². The van der Waals surface area contributed by atoms with Crippen LogP contribution in [0.15, 0.2) is 48.5 Å². The second kappa shape index (κ2) is 12.2. The van der Waals surface area contributed by atoms with E-state index in [2.05, 4.69) is 5.32 Å². The van der Waals surface area contributed by atoms with E-state index in [0.29, 0.717) is 18.5 Å². The molecule has 0 heterocycles. The summed E-state index contributed by atoms with van der Waals surface area (Å²) in [5.74, 6) is -5.28. The van der Waals surface area contributed by atoms with Crippen molar-refractivity contribution in [2.75, 3.05) is 5.32 Å². The molecule has 0 radical (unpaired) electrons. The topological polar surface area (TPSA) is 133 Å². The number of para-hydroxylation sites is 1. The minimum Gasteiger partial charge on any atom is -0.481 e. The molecule has 2 aromatic rings. The number of rotatable bonds is 11. The number of hydrogen-bond acceptors (Lipinski definition) is 5. The largest absolute Gasteiger partial charge is 0.481 e. The van der Waals surface area contributed by atoms with Gasteiger partial charge < -0.3 is 20.4 Å². The van der Waals surface area contributed by atoms with E-state index in [9.17, 15) is 29.4 Å². The van der Waals surface area contributed by atoms with E-state index in [4.69, 9.17) is 4.84 Å². The number of aryl methyl sites for hydroxylation is 2. The highest BCUT2D eigenvalue weighted by atomic mass is 16.7. The van der Waals surface area contributed by atoms with Crippen LogP contribution in [-0.4, -0.2) is 45.1 Å². The van der Waals surface area contributed by atoms with Crippen LogP contribution < -0.4 is 10.2 Å². The molecule has 1 saturated carbocycles. The Hall–Kier alpha value is -3.88. The van der Waals surface area contributed by atoms with Gasteiger partial charge in [0.25, 0.3) is 5.91 Å². The molecule has 0 bridgehead atoms. The zero-order valence-corrected chi connectivity index (χ0v) is 20.5. The number of hydroxylamine groups is 2. The second-order valence-corrected chi connectivity index (χ2v) is 9.30. The molecule has 1 unspecified atom stereocenters. The van der Waals surface area contributed by atoms with Crippen LogP contribution in [0.3, 0.4) is 0 Å². The Morgan fingerprint density at radius 3 is 2.14 bits per heavy atom. The van der Waals surface area contributed by atoms with Gasteiger partial charge >= 0.3 is 11.9 Å². The number of nitrogens with zero attached hydrogens (tertiary/aromatic N) is 1. The summed E-state index contributed by atoms with van der Waals surface area (Å²) in [7, 11) is 0. The Balaban J connectivity index is 1.80. The molecule has 36 heavy (non-hydrogen) atoms. The van der Waals surface area contributed by atoms with Gasteiger partial charge in [-0.05, 0) is 68.5 Å². The molecule has 1 aliphatic rings. The third-order valence-electron chi connectivity index (χ3n) is 6.23. The molecule has 0 saturated heterocycles. The smallest absolute Gasteiger partial charge is 0.330 e. The number of carbonyl (C=O) groups excluding carboxylic acids is 2. The number of carboxylic acid groups (broad SMARTS) is 2. The lowest BCUT2D eigenvalue weighted by Gasteiger charge is -2.31. The molecule has 0 aliphatic heterocycles. The van der Waals surface area contributed by atoms with Crippen molar-refractivity contribution in [2.24, 2.45) is 11.8 Å². The first-order valence-electron chi connectivity index (χ1n) is 12.0. The number of amides is 2. The predicted molar refractivity (Wildman–Crippen MR) is 132 cm³/mol. The third-order valence-corrected chi connectivity index (χ3v) is 6.23. The van der Waals surface area contributed by atoms with Gasteiger partial charge in [-0.1, -0.05) is 37.1 Å². The van der Waals surface area contributed by atoms with Gasteiger partial charge in [0.05, 0.1) is 5.92 Å². The summed E-state index contributed by atoms with van der Waals surface area (Å²) in [6.45, 7) is 3.76. The SMILES string of the molecule is Cc1cc(C)cc(NC(=O)CC(C[C@@H](C(=O)O)N(Oc2ccccc2)C(=O)C2CCCC2)C(=O)O)c1. The van der Waals surface area contributed by atoms with Crippen LogP contribution >= 0.6 is 0 Å². The van der Waals surface area contributed by atoms with Gasteiger partial charge in [0.2, 0.25) is 5.91 Å². The summed E-state index contributed by atoms with van der Waals surface area (Å²) in [6.07, 6.45) is 1.98. The predicted octanol–water partition coefficient (Wildman–Crippen LogP) is 4.19. The highest BCUT2D eigenvalue weighted by Gasteiger charge is 2.40. The first-order chi connectivity index (χ1) is 17.1. The molecule has 2 atom stereocenters. The first kappa shape index (κ1) is 26.7. The van der Waals surface area contributed by atoms with Gasteiger partial charge in [-0.2, -0.15) is 5.06 Å². The van der Waals surface area contributed by atoms with E-state index < -0.39 is 54.5 Å². The van der Waals surface area contributed by atoms with E-state index in [1.165, 1.54) is 0 Å². The number of anilines is 1. The molecule has 1 fully saturated rings. The summed E-state index contributed by atoms with van der Waals surface area (Å²) in [5.41, 5.74) is 2.40. The monoisotopic (exact) mass is 496 g/mol. The second-order valence-electron chi connectivity index (χ2n) is 9.30. The zero-order valence-electron chi connectivity index (χ0n) is 20.5. The Kier molecular flexibility index (Phi) is 9.05. The molecule has 0 aromatic heterocycles. The average molecular weight is 497 g/mol. The molecule has 2 amide bonds. The molecule has 9 nitrogen and oxygen atoms in total. The maximum atomic E-state index is 13.3. The van der Waals surface area contributed by atoms with Crippen molar-refractivity contribution in [1.82, 2.24) is 5.06 Å². The summed E-state index contributed by atoms with van der Waals surface area (Å²) < 4.78 is 0.